The minimum Gasteiger partial charge on any atom is -0.469 e. The van der Waals surface area contributed by atoms with Crippen LogP contribution in [0.5, 0.6) is 0 Å². The normalized spacial score (nSPS) is 17.0. The maximum absolute atomic E-state index is 13.4. The van der Waals surface area contributed by atoms with E-state index in [0.717, 1.165) is 0 Å². The summed E-state index contributed by atoms with van der Waals surface area (Å²) in [7, 11) is 3.76. The summed E-state index contributed by atoms with van der Waals surface area (Å²) in [6, 6.07) is 1.04. The van der Waals surface area contributed by atoms with Gasteiger partial charge >= 0.3 is 17.9 Å². The smallest absolute Gasteiger partial charge is 0.328 e. The molecule has 1 unspecified atom stereocenters. The maximum atomic E-state index is 13.4. The Morgan fingerprint density at radius 3 is 2.44 bits per heavy atom. The fraction of sp³-hybridized carbons (Fsp3) is 0.609. The molecule has 1 amide bonds. The number of nitrogens with zero attached hydrogens (tertiary/aromatic N) is 1. The number of ketones is 1. The molecular weight excluding hydrogens is 464 g/mol. The number of ether oxygens (including phenoxy) is 3. The number of nitrogens with one attached hydrogen (secondary N) is 1. The molecule has 3 atom stereocenters. The highest BCUT2D eigenvalue weighted by molar-refractivity contribution is 7.12. The lowest BCUT2D eigenvalue weighted by Crippen LogP contribution is -2.54. The highest BCUT2D eigenvalue weighted by atomic mass is 32.1. The summed E-state index contributed by atoms with van der Waals surface area (Å²) in [6.07, 6.45) is 2.03. The molecule has 1 fully saturated rings. The molecule has 2 heterocycles. The number of esters is 3. The van der Waals surface area contributed by atoms with E-state index in [1.165, 1.54) is 37.6 Å². The molecule has 1 aromatic heterocycles. The zero-order valence-corrected chi connectivity index (χ0v) is 20.6. The fourth-order valence-electron chi connectivity index (χ4n) is 3.94. The van der Waals surface area contributed by atoms with Gasteiger partial charge in [0.05, 0.1) is 32.2 Å². The van der Waals surface area contributed by atoms with E-state index < -0.39 is 41.9 Å². The number of amides is 1. The first kappa shape index (κ1) is 27.5. The van der Waals surface area contributed by atoms with Gasteiger partial charge in [0.1, 0.15) is 12.1 Å². The first-order chi connectivity index (χ1) is 16.3. The van der Waals surface area contributed by atoms with Crippen molar-refractivity contribution in [3.63, 3.8) is 0 Å². The quantitative estimate of drug-likeness (QED) is 0.247. The lowest BCUT2D eigenvalue weighted by Gasteiger charge is -2.30. The summed E-state index contributed by atoms with van der Waals surface area (Å²) >= 11 is 1.36. The fourth-order valence-corrected chi connectivity index (χ4v) is 4.63. The molecule has 0 aliphatic carbocycles. The van der Waals surface area contributed by atoms with E-state index in [0.29, 0.717) is 30.7 Å². The Kier molecular flexibility index (Phi) is 11.1. The first-order valence-electron chi connectivity index (χ1n) is 11.2. The summed E-state index contributed by atoms with van der Waals surface area (Å²) in [5.41, 5.74) is 0. The van der Waals surface area contributed by atoms with Crippen molar-refractivity contribution in [1.29, 1.82) is 0 Å². The molecule has 0 aromatic carbocycles. The van der Waals surface area contributed by atoms with E-state index in [1.807, 2.05) is 5.38 Å². The highest BCUT2D eigenvalue weighted by Crippen LogP contribution is 2.21. The van der Waals surface area contributed by atoms with Crippen molar-refractivity contribution in [1.82, 2.24) is 10.2 Å². The van der Waals surface area contributed by atoms with Crippen molar-refractivity contribution in [2.75, 3.05) is 27.9 Å². The number of thiophene rings is 1. The van der Waals surface area contributed by atoms with Crippen molar-refractivity contribution >= 4 is 40.9 Å². The average molecular weight is 497 g/mol. The van der Waals surface area contributed by atoms with Crippen molar-refractivity contribution in [2.45, 2.75) is 63.1 Å². The number of likely N-dealkylation sites (tertiary alicyclic amines) is 1. The minimum atomic E-state index is -0.929. The van der Waals surface area contributed by atoms with Crippen molar-refractivity contribution in [3.05, 3.63) is 22.4 Å². The Morgan fingerprint density at radius 2 is 1.82 bits per heavy atom. The molecule has 34 heavy (non-hydrogen) atoms. The van der Waals surface area contributed by atoms with Crippen LogP contribution < -0.4 is 5.32 Å². The molecule has 1 aliphatic rings. The summed E-state index contributed by atoms with van der Waals surface area (Å²) in [6.45, 7) is 0.368. The standard InChI is InChI=1S/C23H32N2O8S/c1-31-20(27)12-11-15(21(28)25-13-5-8-17(25)23(30)33-3)24-16(22(29)32-2)7-4-9-18(26)19-10-6-14-34-19/h6,10,14-17,24H,4-5,7-9,11-13H2,1-3H3/t15-,16?,17-/m0/s1. The van der Waals surface area contributed by atoms with Crippen LogP contribution in [0.25, 0.3) is 0 Å². The van der Waals surface area contributed by atoms with Crippen LogP contribution in [0.15, 0.2) is 17.5 Å². The number of hydrogen-bond acceptors (Lipinski definition) is 10. The molecule has 188 valence electrons. The van der Waals surface area contributed by atoms with E-state index >= 15 is 0 Å². The zero-order chi connectivity index (χ0) is 25.1. The van der Waals surface area contributed by atoms with Crippen molar-refractivity contribution in [2.24, 2.45) is 0 Å². The van der Waals surface area contributed by atoms with Gasteiger partial charge in [-0.15, -0.1) is 11.3 Å². The first-order valence-corrected chi connectivity index (χ1v) is 12.1. The Balaban J connectivity index is 2.11. The Bertz CT molecular complexity index is 857. The molecule has 1 N–H and O–H groups in total. The lowest BCUT2D eigenvalue weighted by atomic mass is 10.0. The second kappa shape index (κ2) is 13.8. The van der Waals surface area contributed by atoms with Crippen molar-refractivity contribution < 1.29 is 38.2 Å². The summed E-state index contributed by atoms with van der Waals surface area (Å²) in [4.78, 5) is 64.0. The number of Topliss-reactive ketones (excluding diaryl/α,β-unsaturated/α-hetero) is 1. The predicted molar refractivity (Wildman–Crippen MR) is 123 cm³/mol. The molecule has 11 heteroatoms. The molecule has 1 saturated heterocycles. The number of carbonyl (C=O) groups excluding carboxylic acids is 5. The molecule has 2 rings (SSSR count). The maximum Gasteiger partial charge on any atom is 0.328 e. The van der Waals surface area contributed by atoms with Gasteiger partial charge in [-0.2, -0.15) is 0 Å². The van der Waals surface area contributed by atoms with Gasteiger partial charge < -0.3 is 19.1 Å². The third-order valence-corrected chi connectivity index (χ3v) is 6.66. The van der Waals surface area contributed by atoms with Gasteiger partial charge in [-0.05, 0) is 43.6 Å². The van der Waals surface area contributed by atoms with Crippen LogP contribution in [-0.2, 0) is 33.4 Å². The van der Waals surface area contributed by atoms with Crippen LogP contribution in [0, 0.1) is 0 Å². The minimum absolute atomic E-state index is 0.0186. The van der Waals surface area contributed by atoms with Gasteiger partial charge in [0, 0.05) is 19.4 Å². The van der Waals surface area contributed by atoms with Gasteiger partial charge in [-0.1, -0.05) is 6.07 Å². The van der Waals surface area contributed by atoms with Crippen LogP contribution in [0.2, 0.25) is 0 Å². The van der Waals surface area contributed by atoms with Gasteiger partial charge in [-0.25, -0.2) is 4.79 Å². The predicted octanol–water partition coefficient (Wildman–Crippen LogP) is 1.72. The van der Waals surface area contributed by atoms with E-state index in [4.69, 9.17) is 9.47 Å². The van der Waals surface area contributed by atoms with E-state index in [1.54, 1.807) is 12.1 Å². The van der Waals surface area contributed by atoms with Crippen molar-refractivity contribution in [3.8, 4) is 0 Å². The summed E-state index contributed by atoms with van der Waals surface area (Å²) < 4.78 is 14.4. The third-order valence-electron chi connectivity index (χ3n) is 5.75. The van der Waals surface area contributed by atoms with E-state index in [9.17, 15) is 24.0 Å². The largest absolute Gasteiger partial charge is 0.469 e. The molecule has 1 aromatic rings. The van der Waals surface area contributed by atoms with Gasteiger partial charge in [0.25, 0.3) is 0 Å². The Labute approximate surface area is 202 Å². The average Bonchev–Trinajstić information content (AvgIpc) is 3.56. The number of carbonyl (C=O) groups is 5. The van der Waals surface area contributed by atoms with Crippen LogP contribution in [0.3, 0.4) is 0 Å². The van der Waals surface area contributed by atoms with E-state index in [2.05, 4.69) is 10.1 Å². The molecule has 0 spiro atoms. The van der Waals surface area contributed by atoms with Gasteiger partial charge in [-0.3, -0.25) is 24.5 Å². The monoisotopic (exact) mass is 496 g/mol. The van der Waals surface area contributed by atoms with Crippen LogP contribution in [0.1, 0.15) is 54.6 Å². The molecule has 10 nitrogen and oxygen atoms in total. The molecule has 0 saturated carbocycles. The number of hydrogen-bond donors (Lipinski definition) is 1. The molecule has 0 radical (unpaired) electrons. The third kappa shape index (κ3) is 7.63. The van der Waals surface area contributed by atoms with Gasteiger partial charge in [0.2, 0.25) is 5.91 Å². The Hall–Kier alpha value is -2.79. The van der Waals surface area contributed by atoms with Gasteiger partial charge in [0.15, 0.2) is 5.78 Å². The number of methoxy groups -OCH3 is 3. The topological polar surface area (TPSA) is 128 Å². The summed E-state index contributed by atoms with van der Waals surface area (Å²) in [5, 5.41) is 4.84. The van der Waals surface area contributed by atoms with Crippen LogP contribution in [-0.4, -0.2) is 80.5 Å². The van der Waals surface area contributed by atoms with E-state index in [-0.39, 0.29) is 31.5 Å². The molecular formula is C23H32N2O8S. The number of rotatable bonds is 13. The van der Waals surface area contributed by atoms with Crippen LogP contribution in [0.4, 0.5) is 0 Å². The Morgan fingerprint density at radius 1 is 1.06 bits per heavy atom. The molecule has 1 aliphatic heterocycles. The van der Waals surface area contributed by atoms with Crippen LogP contribution >= 0.6 is 11.3 Å². The second-order valence-corrected chi connectivity index (χ2v) is 8.86. The summed E-state index contributed by atoms with van der Waals surface area (Å²) in [5.74, 6) is -2.00. The zero-order valence-electron chi connectivity index (χ0n) is 19.7. The highest BCUT2D eigenvalue weighted by Gasteiger charge is 2.39. The molecule has 0 bridgehead atoms. The SMILES string of the molecule is COC(=O)CC[C@H](NC(CCCC(=O)c1cccs1)C(=O)OC)C(=O)N1CCC[C@H]1C(=O)OC. The lowest BCUT2D eigenvalue weighted by molar-refractivity contribution is -0.152. The second-order valence-electron chi connectivity index (χ2n) is 7.92.